The number of carbonyl (C=O) groups is 2. The van der Waals surface area contributed by atoms with E-state index in [0.29, 0.717) is 17.5 Å². The Labute approximate surface area is 226 Å². The fourth-order valence-electron chi connectivity index (χ4n) is 6.08. The highest BCUT2D eigenvalue weighted by atomic mass is 32.2. The maximum Gasteiger partial charge on any atom is 0.229 e. The van der Waals surface area contributed by atoms with E-state index in [-0.39, 0.29) is 23.1 Å². The predicted molar refractivity (Wildman–Crippen MR) is 147 cm³/mol. The summed E-state index contributed by atoms with van der Waals surface area (Å²) in [6, 6.07) is 17.3. The number of benzene rings is 2. The molecule has 7 nitrogen and oxygen atoms in total. The summed E-state index contributed by atoms with van der Waals surface area (Å²) in [5, 5.41) is 3.25. The lowest BCUT2D eigenvalue weighted by Gasteiger charge is -2.38. The van der Waals surface area contributed by atoms with Gasteiger partial charge in [0.05, 0.1) is 16.2 Å². The van der Waals surface area contributed by atoms with Crippen molar-refractivity contribution in [2.45, 2.75) is 68.3 Å². The monoisotopic (exact) mass is 537 g/mol. The molecule has 2 amide bonds. The Hall–Kier alpha value is -2.71. The molecule has 2 heterocycles. The average Bonchev–Trinajstić information content (AvgIpc) is 3.17. The van der Waals surface area contributed by atoms with E-state index in [1.54, 1.807) is 12.1 Å². The molecular formula is C30H39N3O4S. The average molecular weight is 538 g/mol. The molecule has 1 atom stereocenters. The van der Waals surface area contributed by atoms with Crippen molar-refractivity contribution >= 4 is 21.7 Å². The van der Waals surface area contributed by atoms with Crippen LogP contribution >= 0.6 is 0 Å². The summed E-state index contributed by atoms with van der Waals surface area (Å²) in [5.41, 5.74) is 1.74. The highest BCUT2D eigenvalue weighted by molar-refractivity contribution is 7.90. The number of carbonyl (C=O) groups excluding carboxylic acids is 2. The number of piperidine rings is 1. The van der Waals surface area contributed by atoms with Crippen molar-refractivity contribution in [2.75, 3.05) is 32.4 Å². The molecule has 1 aliphatic carbocycles. The Balaban J connectivity index is 1.14. The molecule has 8 heteroatoms. The Bertz CT molecular complexity index is 1230. The van der Waals surface area contributed by atoms with Crippen LogP contribution in [0.2, 0.25) is 0 Å². The van der Waals surface area contributed by atoms with Gasteiger partial charge in [-0.25, -0.2) is 8.42 Å². The van der Waals surface area contributed by atoms with Crippen LogP contribution in [0.15, 0.2) is 59.5 Å². The minimum absolute atomic E-state index is 0.139. The summed E-state index contributed by atoms with van der Waals surface area (Å²) in [5.74, 6) is 0.220. The number of likely N-dealkylation sites (tertiary alicyclic amines) is 2. The van der Waals surface area contributed by atoms with Crippen LogP contribution in [0.3, 0.4) is 0 Å². The minimum atomic E-state index is -3.23. The van der Waals surface area contributed by atoms with Crippen LogP contribution in [-0.2, 0) is 26.0 Å². The Morgan fingerprint density at radius 3 is 2.26 bits per heavy atom. The molecule has 2 saturated heterocycles. The van der Waals surface area contributed by atoms with Crippen molar-refractivity contribution in [3.8, 4) is 0 Å². The molecule has 5 rings (SSSR count). The van der Waals surface area contributed by atoms with Gasteiger partial charge in [-0.15, -0.1) is 0 Å². The molecule has 2 aromatic carbocycles. The second-order valence-corrected chi connectivity index (χ2v) is 13.4. The second-order valence-electron chi connectivity index (χ2n) is 11.4. The van der Waals surface area contributed by atoms with Crippen molar-refractivity contribution in [1.82, 2.24) is 15.1 Å². The van der Waals surface area contributed by atoms with Gasteiger partial charge in [0.2, 0.25) is 11.8 Å². The summed E-state index contributed by atoms with van der Waals surface area (Å²) in [6.07, 6.45) is 7.91. The summed E-state index contributed by atoms with van der Waals surface area (Å²) < 4.78 is 23.5. The SMILES string of the molecule is CS(=O)(=O)c1ccc(CN2CCC3(CCN(CCC(C(=O)NC4CCC4)c4ccccc4)CC3)C2=O)cc1. The van der Waals surface area contributed by atoms with E-state index in [9.17, 15) is 18.0 Å². The highest BCUT2D eigenvalue weighted by Crippen LogP contribution is 2.42. The first-order chi connectivity index (χ1) is 18.2. The third-order valence-electron chi connectivity index (χ3n) is 8.84. The van der Waals surface area contributed by atoms with Gasteiger partial charge in [0.1, 0.15) is 0 Å². The molecule has 2 aromatic rings. The molecule has 38 heavy (non-hydrogen) atoms. The van der Waals surface area contributed by atoms with E-state index in [1.165, 1.54) is 12.7 Å². The third-order valence-corrected chi connectivity index (χ3v) is 9.97. The molecule has 1 spiro atoms. The van der Waals surface area contributed by atoms with E-state index in [0.717, 1.165) is 75.8 Å². The second kappa shape index (κ2) is 11.2. The zero-order valence-corrected chi connectivity index (χ0v) is 23.1. The molecule has 1 N–H and O–H groups in total. The predicted octanol–water partition coefficient (Wildman–Crippen LogP) is 3.75. The summed E-state index contributed by atoms with van der Waals surface area (Å²) in [6.45, 7) is 3.84. The fraction of sp³-hybridized carbons (Fsp3) is 0.533. The molecule has 1 unspecified atom stereocenters. The van der Waals surface area contributed by atoms with Crippen LogP contribution in [0.5, 0.6) is 0 Å². The first-order valence-electron chi connectivity index (χ1n) is 13.9. The minimum Gasteiger partial charge on any atom is -0.353 e. The zero-order valence-electron chi connectivity index (χ0n) is 22.3. The molecule has 0 bridgehead atoms. The summed E-state index contributed by atoms with van der Waals surface area (Å²) in [7, 11) is -3.23. The van der Waals surface area contributed by atoms with Crippen molar-refractivity contribution < 1.29 is 18.0 Å². The molecular weight excluding hydrogens is 498 g/mol. The number of nitrogens with one attached hydrogen (secondary N) is 1. The lowest BCUT2D eigenvalue weighted by Crippen LogP contribution is -2.46. The van der Waals surface area contributed by atoms with Gasteiger partial charge < -0.3 is 15.1 Å². The van der Waals surface area contributed by atoms with Crippen molar-refractivity contribution in [3.05, 3.63) is 65.7 Å². The van der Waals surface area contributed by atoms with Crippen molar-refractivity contribution in [3.63, 3.8) is 0 Å². The van der Waals surface area contributed by atoms with Gasteiger partial charge in [-0.1, -0.05) is 42.5 Å². The lowest BCUT2D eigenvalue weighted by atomic mass is 9.77. The van der Waals surface area contributed by atoms with E-state index < -0.39 is 9.84 Å². The van der Waals surface area contributed by atoms with Gasteiger partial charge in [0.15, 0.2) is 9.84 Å². The van der Waals surface area contributed by atoms with E-state index in [1.807, 2.05) is 35.2 Å². The molecule has 1 saturated carbocycles. The van der Waals surface area contributed by atoms with Crippen LogP contribution < -0.4 is 5.32 Å². The molecule has 204 valence electrons. The number of rotatable bonds is 9. The number of hydrogen-bond acceptors (Lipinski definition) is 5. The fourth-order valence-corrected chi connectivity index (χ4v) is 6.71. The largest absolute Gasteiger partial charge is 0.353 e. The van der Waals surface area contributed by atoms with Crippen LogP contribution in [0.4, 0.5) is 0 Å². The Morgan fingerprint density at radius 2 is 1.66 bits per heavy atom. The Kier molecular flexibility index (Phi) is 7.91. The molecule has 0 aromatic heterocycles. The Morgan fingerprint density at radius 1 is 1.00 bits per heavy atom. The number of sulfone groups is 1. The summed E-state index contributed by atoms with van der Waals surface area (Å²) in [4.78, 5) is 31.2. The van der Waals surface area contributed by atoms with Crippen LogP contribution in [0.25, 0.3) is 0 Å². The summed E-state index contributed by atoms with van der Waals surface area (Å²) >= 11 is 0. The van der Waals surface area contributed by atoms with Gasteiger partial charge in [-0.3, -0.25) is 9.59 Å². The molecule has 0 radical (unpaired) electrons. The standard InChI is InChI=1S/C30H39N3O4S/c1-38(36,37)26-12-10-23(11-13-26)22-33-21-17-30(29(33)35)15-19-32(20-16-30)18-14-27(24-6-3-2-4-7-24)28(34)31-25-8-5-9-25/h2-4,6-7,10-13,25,27H,5,8-9,14-22H2,1H3,(H,31,34). The van der Waals surface area contributed by atoms with Gasteiger partial charge >= 0.3 is 0 Å². The van der Waals surface area contributed by atoms with Crippen molar-refractivity contribution in [1.29, 1.82) is 0 Å². The normalized spacial score (nSPS) is 20.9. The van der Waals surface area contributed by atoms with Gasteiger partial charge in [0.25, 0.3) is 0 Å². The number of nitrogens with zero attached hydrogens (tertiary/aromatic N) is 2. The molecule has 2 aliphatic heterocycles. The van der Waals surface area contributed by atoms with Gasteiger partial charge in [-0.2, -0.15) is 0 Å². The highest BCUT2D eigenvalue weighted by Gasteiger charge is 2.47. The van der Waals surface area contributed by atoms with Gasteiger partial charge in [0, 0.05) is 25.4 Å². The van der Waals surface area contributed by atoms with Gasteiger partial charge in [-0.05, 0) is 87.8 Å². The van der Waals surface area contributed by atoms with Crippen LogP contribution in [-0.4, -0.2) is 68.5 Å². The van der Waals surface area contributed by atoms with Crippen LogP contribution in [0.1, 0.15) is 62.0 Å². The van der Waals surface area contributed by atoms with Crippen LogP contribution in [0, 0.1) is 5.41 Å². The maximum atomic E-state index is 13.5. The third kappa shape index (κ3) is 5.96. The topological polar surface area (TPSA) is 86.8 Å². The van der Waals surface area contributed by atoms with Crippen molar-refractivity contribution in [2.24, 2.45) is 5.41 Å². The smallest absolute Gasteiger partial charge is 0.229 e. The van der Waals surface area contributed by atoms with E-state index >= 15 is 0 Å². The molecule has 3 aliphatic rings. The first kappa shape index (κ1) is 26.9. The first-order valence-corrected chi connectivity index (χ1v) is 15.8. The van der Waals surface area contributed by atoms with E-state index in [4.69, 9.17) is 0 Å². The zero-order chi connectivity index (χ0) is 26.8. The number of hydrogen-bond donors (Lipinski definition) is 1. The quantitative estimate of drug-likeness (QED) is 0.527. The maximum absolute atomic E-state index is 13.5. The number of amides is 2. The van der Waals surface area contributed by atoms with E-state index in [2.05, 4.69) is 22.3 Å². The lowest BCUT2D eigenvalue weighted by molar-refractivity contribution is -0.138. The molecule has 3 fully saturated rings.